The topological polar surface area (TPSA) is 57.5 Å². The molecule has 0 heterocycles. The summed E-state index contributed by atoms with van der Waals surface area (Å²) in [5.41, 5.74) is 0.637. The molecule has 4 fully saturated rings. The average Bonchev–Trinajstić information content (AvgIpc) is 2.98. The van der Waals surface area contributed by atoms with Crippen molar-refractivity contribution >= 4 is 5.78 Å². The van der Waals surface area contributed by atoms with Crippen molar-refractivity contribution in [2.45, 2.75) is 104 Å². The minimum atomic E-state index is -0.190. The first-order chi connectivity index (χ1) is 13.2. The molecule has 0 aromatic carbocycles. The third-order valence-corrected chi connectivity index (χ3v) is 10.4. The largest absolute Gasteiger partial charge is 0.393 e. The standard InChI is InChI=1S/C25H42O3/c1-15(5-6-16(2)26)19-7-8-20-23-21(10-12-25(19,20)4)24(3)11-9-18(27)13-17(24)14-22(23)28/h15,17-23,27-28H,5-14H2,1-4H3/t15-,17?,18-,19-,20?,21?,22?,23?,24+,25-/m1/s1. The summed E-state index contributed by atoms with van der Waals surface area (Å²) < 4.78 is 0. The molecule has 0 aliphatic heterocycles. The second kappa shape index (κ2) is 7.38. The van der Waals surface area contributed by atoms with Crippen molar-refractivity contribution in [3.63, 3.8) is 0 Å². The first kappa shape index (κ1) is 20.8. The lowest BCUT2D eigenvalue weighted by Gasteiger charge is -2.62. The van der Waals surface area contributed by atoms with Gasteiger partial charge in [-0.05, 0) is 111 Å². The van der Waals surface area contributed by atoms with Crippen molar-refractivity contribution in [3.8, 4) is 0 Å². The number of hydrogen-bond acceptors (Lipinski definition) is 3. The molecule has 3 nitrogen and oxygen atoms in total. The summed E-state index contributed by atoms with van der Waals surface area (Å²) in [4.78, 5) is 11.5. The van der Waals surface area contributed by atoms with E-state index in [2.05, 4.69) is 20.8 Å². The van der Waals surface area contributed by atoms with E-state index in [1.165, 1.54) is 25.7 Å². The van der Waals surface area contributed by atoms with E-state index in [-0.39, 0.29) is 12.2 Å². The summed E-state index contributed by atoms with van der Waals surface area (Å²) in [5.74, 6) is 3.81. The van der Waals surface area contributed by atoms with Gasteiger partial charge in [-0.1, -0.05) is 20.8 Å². The number of hydrogen-bond donors (Lipinski definition) is 2. The highest BCUT2D eigenvalue weighted by Crippen LogP contribution is 2.68. The van der Waals surface area contributed by atoms with E-state index in [0.29, 0.717) is 52.1 Å². The van der Waals surface area contributed by atoms with Gasteiger partial charge in [-0.3, -0.25) is 0 Å². The zero-order valence-electron chi connectivity index (χ0n) is 18.5. The Balaban J connectivity index is 1.55. The van der Waals surface area contributed by atoms with E-state index < -0.39 is 0 Å². The van der Waals surface area contributed by atoms with E-state index >= 15 is 0 Å². The summed E-state index contributed by atoms with van der Waals surface area (Å²) in [6.07, 6.45) is 10.3. The average molecular weight is 391 g/mol. The van der Waals surface area contributed by atoms with Crippen molar-refractivity contribution in [3.05, 3.63) is 0 Å². The monoisotopic (exact) mass is 390 g/mol. The van der Waals surface area contributed by atoms with Gasteiger partial charge < -0.3 is 15.0 Å². The van der Waals surface area contributed by atoms with Gasteiger partial charge in [0, 0.05) is 6.42 Å². The van der Waals surface area contributed by atoms with Gasteiger partial charge in [0.05, 0.1) is 12.2 Å². The van der Waals surface area contributed by atoms with Crippen molar-refractivity contribution in [2.24, 2.45) is 46.3 Å². The zero-order chi connectivity index (χ0) is 20.3. The molecular formula is C25H42O3. The molecule has 10 atom stereocenters. The number of carbonyl (C=O) groups excluding carboxylic acids is 1. The second-order valence-electron chi connectivity index (χ2n) is 11.7. The third-order valence-electron chi connectivity index (χ3n) is 10.4. The Kier molecular flexibility index (Phi) is 5.49. The molecule has 0 aromatic rings. The first-order valence-corrected chi connectivity index (χ1v) is 12.0. The van der Waals surface area contributed by atoms with Crippen LogP contribution in [0.25, 0.3) is 0 Å². The Hall–Kier alpha value is -0.410. The molecule has 4 aliphatic rings. The van der Waals surface area contributed by atoms with Crippen LogP contribution in [-0.2, 0) is 4.79 Å². The maximum atomic E-state index is 11.5. The van der Waals surface area contributed by atoms with Gasteiger partial charge in [-0.2, -0.15) is 0 Å². The fourth-order valence-corrected chi connectivity index (χ4v) is 8.81. The molecule has 0 radical (unpaired) electrons. The highest BCUT2D eigenvalue weighted by molar-refractivity contribution is 5.75. The molecule has 0 saturated heterocycles. The Morgan fingerprint density at radius 3 is 2.39 bits per heavy atom. The molecule has 28 heavy (non-hydrogen) atoms. The van der Waals surface area contributed by atoms with Gasteiger partial charge in [0.2, 0.25) is 0 Å². The van der Waals surface area contributed by atoms with Crippen LogP contribution in [0.2, 0.25) is 0 Å². The molecule has 0 bridgehead atoms. The lowest BCUT2D eigenvalue weighted by atomic mass is 9.43. The van der Waals surface area contributed by atoms with Gasteiger partial charge >= 0.3 is 0 Å². The highest BCUT2D eigenvalue weighted by atomic mass is 16.3. The van der Waals surface area contributed by atoms with E-state index in [4.69, 9.17) is 0 Å². The fourth-order valence-electron chi connectivity index (χ4n) is 8.81. The van der Waals surface area contributed by atoms with Crippen LogP contribution in [0.15, 0.2) is 0 Å². The fraction of sp³-hybridized carbons (Fsp3) is 0.960. The molecule has 160 valence electrons. The van der Waals surface area contributed by atoms with Crippen LogP contribution in [-0.4, -0.2) is 28.2 Å². The van der Waals surface area contributed by atoms with E-state index in [1.54, 1.807) is 6.92 Å². The normalized spacial score (nSPS) is 51.7. The van der Waals surface area contributed by atoms with Crippen molar-refractivity contribution in [1.29, 1.82) is 0 Å². The maximum Gasteiger partial charge on any atom is 0.129 e. The molecule has 5 unspecified atom stereocenters. The minimum Gasteiger partial charge on any atom is -0.393 e. The summed E-state index contributed by atoms with van der Waals surface area (Å²) in [5, 5.41) is 21.5. The number of ketones is 1. The molecule has 2 N–H and O–H groups in total. The molecular weight excluding hydrogens is 348 g/mol. The van der Waals surface area contributed by atoms with E-state index in [1.807, 2.05) is 0 Å². The van der Waals surface area contributed by atoms with Crippen LogP contribution >= 0.6 is 0 Å². The van der Waals surface area contributed by atoms with Crippen molar-refractivity contribution in [2.75, 3.05) is 0 Å². The van der Waals surface area contributed by atoms with Crippen LogP contribution in [0.3, 0.4) is 0 Å². The quantitative estimate of drug-likeness (QED) is 0.711. The summed E-state index contributed by atoms with van der Waals surface area (Å²) in [7, 11) is 0. The molecule has 4 aliphatic carbocycles. The minimum absolute atomic E-state index is 0.159. The lowest BCUT2D eigenvalue weighted by molar-refractivity contribution is -0.174. The number of aliphatic hydroxyl groups is 2. The zero-order valence-corrected chi connectivity index (χ0v) is 18.5. The predicted molar refractivity (Wildman–Crippen MR) is 112 cm³/mol. The molecule has 0 amide bonds. The van der Waals surface area contributed by atoms with Gasteiger partial charge in [-0.25, -0.2) is 0 Å². The van der Waals surface area contributed by atoms with Gasteiger partial charge in [0.1, 0.15) is 5.78 Å². The summed E-state index contributed by atoms with van der Waals surface area (Å²) in [6.45, 7) is 9.08. The van der Waals surface area contributed by atoms with Crippen molar-refractivity contribution < 1.29 is 15.0 Å². The van der Waals surface area contributed by atoms with Gasteiger partial charge in [0.15, 0.2) is 0 Å². The van der Waals surface area contributed by atoms with Crippen LogP contribution in [0.5, 0.6) is 0 Å². The Labute approximate surface area is 171 Å². The molecule has 3 heteroatoms. The third kappa shape index (κ3) is 3.20. The van der Waals surface area contributed by atoms with Gasteiger partial charge in [0.25, 0.3) is 0 Å². The molecule has 4 rings (SSSR count). The van der Waals surface area contributed by atoms with Crippen LogP contribution in [0.4, 0.5) is 0 Å². The second-order valence-corrected chi connectivity index (χ2v) is 11.7. The summed E-state index contributed by atoms with van der Waals surface area (Å²) in [6, 6.07) is 0. The number of aliphatic hydroxyl groups excluding tert-OH is 2. The number of carbonyl (C=O) groups is 1. The van der Waals surface area contributed by atoms with E-state index in [0.717, 1.165) is 38.5 Å². The van der Waals surface area contributed by atoms with Crippen molar-refractivity contribution in [1.82, 2.24) is 0 Å². The highest BCUT2D eigenvalue weighted by Gasteiger charge is 2.62. The number of fused-ring (bicyclic) bond motifs is 5. The lowest BCUT2D eigenvalue weighted by Crippen LogP contribution is -2.58. The SMILES string of the molecule is CC(=O)CC[C@@H](C)[C@H]1CCC2C3C(O)CC4C[C@H](O)CC[C@]4(C)C3CC[C@@]21C. The molecule has 4 saturated carbocycles. The van der Waals surface area contributed by atoms with Crippen LogP contribution in [0.1, 0.15) is 91.9 Å². The Bertz CT molecular complexity index is 603. The molecule has 0 aromatic heterocycles. The number of Topliss-reactive ketones (excluding diaryl/α,β-unsaturated/α-hetero) is 1. The van der Waals surface area contributed by atoms with Gasteiger partial charge in [-0.15, -0.1) is 0 Å². The first-order valence-electron chi connectivity index (χ1n) is 12.0. The maximum absolute atomic E-state index is 11.5. The Morgan fingerprint density at radius 1 is 1.00 bits per heavy atom. The Morgan fingerprint density at radius 2 is 1.68 bits per heavy atom. The summed E-state index contributed by atoms with van der Waals surface area (Å²) >= 11 is 0. The number of rotatable bonds is 4. The van der Waals surface area contributed by atoms with Crippen LogP contribution in [0, 0.1) is 46.3 Å². The predicted octanol–water partition coefficient (Wildman–Crippen LogP) is 4.98. The molecule has 0 spiro atoms. The van der Waals surface area contributed by atoms with Crippen LogP contribution < -0.4 is 0 Å². The smallest absolute Gasteiger partial charge is 0.129 e. The van der Waals surface area contributed by atoms with E-state index in [9.17, 15) is 15.0 Å².